The second kappa shape index (κ2) is 15.3. The van der Waals surface area contributed by atoms with Gasteiger partial charge in [-0.05, 0) is 81.5 Å². The van der Waals surface area contributed by atoms with Crippen LogP contribution in [0.3, 0.4) is 0 Å². The van der Waals surface area contributed by atoms with Crippen LogP contribution in [0.2, 0.25) is 0 Å². The molecule has 0 aliphatic rings. The number of nitrogens with zero attached hydrogens (tertiary/aromatic N) is 3. The van der Waals surface area contributed by atoms with Crippen LogP contribution in [0.4, 0.5) is 17.2 Å². The van der Waals surface area contributed by atoms with E-state index < -0.39 is 5.89 Å². The van der Waals surface area contributed by atoms with Crippen LogP contribution in [0.15, 0.2) is 158 Å². The van der Waals surface area contributed by atoms with E-state index in [2.05, 4.69) is 74.2 Å². The van der Waals surface area contributed by atoms with E-state index in [1.54, 1.807) is 12.3 Å². The van der Waals surface area contributed by atoms with Gasteiger partial charge in [-0.15, -0.1) is 29.3 Å². The molecule has 0 saturated heterocycles. The molecule has 0 amide bonds. The van der Waals surface area contributed by atoms with E-state index in [1.807, 2.05) is 110 Å². The van der Waals surface area contributed by atoms with Crippen LogP contribution in [-0.4, -0.2) is 15.1 Å². The van der Waals surface area contributed by atoms with Gasteiger partial charge >= 0.3 is 0 Å². The SMILES string of the molecule is [2H]C(C)(c1ccccc1)c1ccc(O)c(-c2cc(-c3ccccc3)cc(-c3[c-]c(N(c4ccccc4)c4ccccn4)cc(C(C)(C)C)c3)n2)c1.[Pt]. The number of aromatic hydroxyl groups is 1. The first-order chi connectivity index (χ1) is 24.6. The van der Waals surface area contributed by atoms with Gasteiger partial charge < -0.3 is 10.0 Å². The van der Waals surface area contributed by atoms with Gasteiger partial charge in [0.15, 0.2) is 0 Å². The van der Waals surface area contributed by atoms with E-state index >= 15 is 0 Å². The van der Waals surface area contributed by atoms with E-state index in [0.717, 1.165) is 50.6 Å². The molecule has 256 valence electrons. The van der Waals surface area contributed by atoms with Crippen molar-refractivity contribution in [2.45, 2.75) is 39.0 Å². The van der Waals surface area contributed by atoms with Crippen molar-refractivity contribution < 1.29 is 27.5 Å². The fraction of sp³-hybridized carbons (Fsp3) is 0.130. The number of aromatic nitrogens is 2. The molecule has 0 saturated carbocycles. The summed E-state index contributed by atoms with van der Waals surface area (Å²) in [6.45, 7) is 8.50. The average Bonchev–Trinajstić information content (AvgIpc) is 3.16. The molecule has 7 rings (SSSR count). The molecular weight excluding hydrogens is 806 g/mol. The molecule has 1 unspecified atom stereocenters. The number of phenols is 1. The third-order valence-electron chi connectivity index (χ3n) is 8.98. The van der Waals surface area contributed by atoms with Crippen LogP contribution in [0.25, 0.3) is 33.6 Å². The van der Waals surface area contributed by atoms with Crippen LogP contribution in [0.1, 0.15) is 51.7 Å². The van der Waals surface area contributed by atoms with Gasteiger partial charge in [-0.2, -0.15) is 0 Å². The maximum atomic E-state index is 11.3. The van der Waals surface area contributed by atoms with Gasteiger partial charge in [0.25, 0.3) is 0 Å². The number of rotatable bonds is 8. The Morgan fingerprint density at radius 2 is 1.33 bits per heavy atom. The summed E-state index contributed by atoms with van der Waals surface area (Å²) in [5.41, 5.74) is 9.05. The summed E-state index contributed by atoms with van der Waals surface area (Å²) in [4.78, 5) is 12.1. The fourth-order valence-electron chi connectivity index (χ4n) is 6.14. The number of anilines is 3. The molecule has 2 aromatic heterocycles. The van der Waals surface area contributed by atoms with E-state index in [9.17, 15) is 6.48 Å². The van der Waals surface area contributed by atoms with Gasteiger partial charge in [-0.25, -0.2) is 4.98 Å². The van der Waals surface area contributed by atoms with E-state index in [1.165, 1.54) is 0 Å². The average molecular weight is 847 g/mol. The number of hydrogen-bond acceptors (Lipinski definition) is 4. The Labute approximate surface area is 317 Å². The van der Waals surface area contributed by atoms with Gasteiger partial charge in [0.2, 0.25) is 0 Å². The molecule has 0 radical (unpaired) electrons. The molecule has 0 aliphatic carbocycles. The van der Waals surface area contributed by atoms with Crippen molar-refractivity contribution in [1.29, 1.82) is 0 Å². The van der Waals surface area contributed by atoms with Gasteiger partial charge in [0, 0.05) is 45.8 Å². The molecular formula is C46H40N3OPt-. The first-order valence-corrected chi connectivity index (χ1v) is 16.9. The summed E-state index contributed by atoms with van der Waals surface area (Å²) < 4.78 is 9.36. The Hall–Kier alpha value is -5.31. The molecule has 51 heavy (non-hydrogen) atoms. The van der Waals surface area contributed by atoms with E-state index in [4.69, 9.17) is 9.97 Å². The Morgan fingerprint density at radius 1 is 0.686 bits per heavy atom. The quantitative estimate of drug-likeness (QED) is 0.155. The molecule has 0 fully saturated rings. The number of hydrogen-bond donors (Lipinski definition) is 1. The van der Waals surface area contributed by atoms with Gasteiger partial charge in [0.1, 0.15) is 11.6 Å². The van der Waals surface area contributed by atoms with Crippen LogP contribution < -0.4 is 4.90 Å². The summed E-state index contributed by atoms with van der Waals surface area (Å²) >= 11 is 0. The number of phenolic OH excluding ortho intramolecular Hbond substituents is 1. The third kappa shape index (κ3) is 7.88. The molecule has 5 heteroatoms. The summed E-state index contributed by atoms with van der Waals surface area (Å²) in [5.74, 6) is -0.160. The van der Waals surface area contributed by atoms with Crippen molar-refractivity contribution in [2.24, 2.45) is 0 Å². The third-order valence-corrected chi connectivity index (χ3v) is 8.98. The van der Waals surface area contributed by atoms with Crippen LogP contribution in [0, 0.1) is 6.07 Å². The minimum absolute atomic E-state index is 0. The Bertz CT molecular complexity index is 2230. The topological polar surface area (TPSA) is 49.2 Å². The Kier molecular flexibility index (Phi) is 10.2. The summed E-state index contributed by atoms with van der Waals surface area (Å²) in [7, 11) is 0. The normalized spacial score (nSPS) is 12.7. The number of benzene rings is 5. The standard InChI is InChI=1S/C46H40N3O.Pt/c1-32(33-16-8-5-9-17-33)35-23-24-44(50)41(28-35)43-30-36(34-18-10-6-11-19-34)29-42(48-43)37-26-38(46(2,3)4)31-40(27-37)49(39-20-12-7-13-21-39)45-22-14-15-25-47-45;/h5-26,28-32,50H,1-4H3;/q-1;/i32D;. The second-order valence-electron chi connectivity index (χ2n) is 13.5. The maximum Gasteiger partial charge on any atom is 0.136 e. The number of pyridine rings is 2. The largest absolute Gasteiger partial charge is 0.507 e. The molecule has 1 N–H and O–H groups in total. The minimum Gasteiger partial charge on any atom is -0.507 e. The predicted octanol–water partition coefficient (Wildman–Crippen LogP) is 11.9. The first kappa shape index (κ1) is 34.2. The molecule has 4 nitrogen and oxygen atoms in total. The van der Waals surface area contributed by atoms with Crippen LogP contribution >= 0.6 is 0 Å². The second-order valence-corrected chi connectivity index (χ2v) is 13.5. The van der Waals surface area contributed by atoms with Gasteiger partial charge in [-0.1, -0.05) is 125 Å². The fourth-order valence-corrected chi connectivity index (χ4v) is 6.14. The van der Waals surface area contributed by atoms with Gasteiger partial charge in [0.05, 0.1) is 5.69 Å². The number of para-hydroxylation sites is 1. The first-order valence-electron chi connectivity index (χ1n) is 17.4. The van der Waals surface area contributed by atoms with E-state index in [-0.39, 0.29) is 32.2 Å². The molecule has 0 aliphatic heterocycles. The van der Waals surface area contributed by atoms with Crippen molar-refractivity contribution in [1.82, 2.24) is 9.97 Å². The van der Waals surface area contributed by atoms with Crippen LogP contribution in [-0.2, 0) is 26.5 Å². The minimum atomic E-state index is -1.04. The smallest absolute Gasteiger partial charge is 0.136 e. The van der Waals surface area contributed by atoms with Crippen LogP contribution in [0.5, 0.6) is 5.75 Å². The van der Waals surface area contributed by atoms with Crippen molar-refractivity contribution >= 4 is 17.2 Å². The zero-order valence-corrected chi connectivity index (χ0v) is 31.4. The summed E-state index contributed by atoms with van der Waals surface area (Å²) in [5, 5.41) is 11.3. The zero-order valence-electron chi connectivity index (χ0n) is 30.1. The van der Waals surface area contributed by atoms with Crippen molar-refractivity contribution in [3.8, 4) is 39.4 Å². The predicted molar refractivity (Wildman–Crippen MR) is 206 cm³/mol. The monoisotopic (exact) mass is 846 g/mol. The molecule has 0 bridgehead atoms. The van der Waals surface area contributed by atoms with Crippen molar-refractivity contribution in [2.75, 3.05) is 4.90 Å². The van der Waals surface area contributed by atoms with Crippen molar-refractivity contribution in [3.05, 3.63) is 181 Å². The molecule has 7 aromatic rings. The molecule has 1 atom stereocenters. The van der Waals surface area contributed by atoms with E-state index in [0.29, 0.717) is 17.0 Å². The van der Waals surface area contributed by atoms with Crippen molar-refractivity contribution in [3.63, 3.8) is 0 Å². The molecule has 0 spiro atoms. The zero-order chi connectivity index (χ0) is 35.6. The maximum absolute atomic E-state index is 11.3. The Morgan fingerprint density at radius 3 is 2.00 bits per heavy atom. The summed E-state index contributed by atoms with van der Waals surface area (Å²) in [6, 6.07) is 53.7. The Balaban J connectivity index is 0.00000464. The van der Waals surface area contributed by atoms with Gasteiger partial charge in [-0.3, -0.25) is 4.98 Å². The molecule has 2 heterocycles. The molecule has 5 aromatic carbocycles. The summed E-state index contributed by atoms with van der Waals surface area (Å²) in [6.07, 6.45) is 1.80.